The van der Waals surface area contributed by atoms with E-state index in [1.807, 2.05) is 0 Å². The van der Waals surface area contributed by atoms with Gasteiger partial charge in [0, 0.05) is 22.9 Å². The Kier molecular flexibility index (Phi) is 11.6. The number of fused-ring (bicyclic) bond motifs is 2. The Bertz CT molecular complexity index is 2060. The minimum atomic E-state index is -4.60. The Morgan fingerprint density at radius 2 is 0.922 bits per heavy atom. The fourth-order valence-corrected chi connectivity index (χ4v) is 4.57. The Hall–Kier alpha value is -5.29. The third-order valence-electron chi connectivity index (χ3n) is 6.85. The SMILES string of the molecule is COC(=O)c1ccc(F)cc1Oc1cccc2[n-]c(C(F)(F)F)cc12.COC(=O)c1ccc(F)cc1Oc1cccc2[n-]c(C(F)(F)F)cc12.[Mg+2]. The molecule has 0 spiro atoms. The molecular weight excluding hydrogens is 709 g/mol. The topological polar surface area (TPSA) is 99.3 Å². The van der Waals surface area contributed by atoms with Crippen molar-refractivity contribution < 1.29 is 63.7 Å². The molecule has 0 saturated heterocycles. The molecule has 51 heavy (non-hydrogen) atoms. The van der Waals surface area contributed by atoms with Crippen LogP contribution in [-0.2, 0) is 21.8 Å². The molecule has 2 aromatic heterocycles. The van der Waals surface area contributed by atoms with Gasteiger partial charge in [-0.05, 0) is 36.4 Å². The molecule has 6 aromatic rings. The minimum Gasteiger partial charge on any atom is -0.653 e. The zero-order chi connectivity index (χ0) is 36.4. The van der Waals surface area contributed by atoms with Crippen LogP contribution < -0.4 is 19.4 Å². The molecular formula is C34H20F8MgN2O6. The van der Waals surface area contributed by atoms with E-state index in [9.17, 15) is 44.7 Å². The maximum atomic E-state index is 13.5. The summed E-state index contributed by atoms with van der Waals surface area (Å²) in [6.45, 7) is 0. The summed E-state index contributed by atoms with van der Waals surface area (Å²) in [5.41, 5.74) is -2.11. The number of esters is 2. The Labute approximate surface area is 298 Å². The third kappa shape index (κ3) is 8.72. The van der Waals surface area contributed by atoms with E-state index in [-0.39, 0.29) is 79.0 Å². The van der Waals surface area contributed by atoms with E-state index < -0.39 is 47.3 Å². The molecule has 0 amide bonds. The Morgan fingerprint density at radius 1 is 0.549 bits per heavy atom. The number of carbonyl (C=O) groups is 2. The molecule has 0 N–H and O–H groups in total. The Morgan fingerprint density at radius 3 is 1.25 bits per heavy atom. The average molecular weight is 729 g/mol. The van der Waals surface area contributed by atoms with Gasteiger partial charge < -0.3 is 28.9 Å². The number of alkyl halides is 6. The van der Waals surface area contributed by atoms with Gasteiger partial charge in [0.1, 0.15) is 45.8 Å². The van der Waals surface area contributed by atoms with E-state index in [2.05, 4.69) is 19.4 Å². The first-order valence-electron chi connectivity index (χ1n) is 14.0. The summed E-state index contributed by atoms with van der Waals surface area (Å²) in [7, 11) is 2.29. The summed E-state index contributed by atoms with van der Waals surface area (Å²) in [6.07, 6.45) is -9.21. The summed E-state index contributed by atoms with van der Waals surface area (Å²) in [5, 5.41) is 0.185. The van der Waals surface area contributed by atoms with Crippen LogP contribution in [0.4, 0.5) is 35.1 Å². The number of benzene rings is 4. The summed E-state index contributed by atoms with van der Waals surface area (Å²) >= 11 is 0. The third-order valence-corrected chi connectivity index (χ3v) is 6.85. The van der Waals surface area contributed by atoms with Crippen LogP contribution in [0.5, 0.6) is 23.0 Å². The molecule has 2 heterocycles. The van der Waals surface area contributed by atoms with E-state index in [4.69, 9.17) is 9.47 Å². The van der Waals surface area contributed by atoms with Crippen molar-refractivity contribution in [3.8, 4) is 23.0 Å². The molecule has 6 rings (SSSR count). The van der Waals surface area contributed by atoms with Crippen molar-refractivity contribution in [1.29, 1.82) is 0 Å². The smallest absolute Gasteiger partial charge is 0.653 e. The molecule has 0 fully saturated rings. The Balaban J connectivity index is 0.000000224. The van der Waals surface area contributed by atoms with Crippen LogP contribution in [0, 0.1) is 11.6 Å². The van der Waals surface area contributed by atoms with Crippen LogP contribution in [0.25, 0.3) is 21.8 Å². The molecule has 0 radical (unpaired) electrons. The van der Waals surface area contributed by atoms with Crippen molar-refractivity contribution in [2.75, 3.05) is 14.2 Å². The van der Waals surface area contributed by atoms with Gasteiger partial charge in [-0.15, -0.1) is 11.0 Å². The van der Waals surface area contributed by atoms with Crippen LogP contribution in [0.3, 0.4) is 0 Å². The van der Waals surface area contributed by atoms with Crippen LogP contribution in [0.15, 0.2) is 84.9 Å². The fourth-order valence-electron chi connectivity index (χ4n) is 4.57. The van der Waals surface area contributed by atoms with Gasteiger partial charge in [0.15, 0.2) is 0 Å². The molecule has 4 aromatic carbocycles. The molecule has 8 nitrogen and oxygen atoms in total. The number of ether oxygens (including phenoxy) is 4. The second kappa shape index (κ2) is 15.3. The van der Waals surface area contributed by atoms with Gasteiger partial charge in [0.2, 0.25) is 0 Å². The van der Waals surface area contributed by atoms with Gasteiger partial charge in [0.05, 0.1) is 14.2 Å². The van der Waals surface area contributed by atoms with Crippen molar-refractivity contribution in [3.63, 3.8) is 0 Å². The predicted octanol–water partition coefficient (Wildman–Crippen LogP) is 8.69. The van der Waals surface area contributed by atoms with Crippen molar-refractivity contribution in [3.05, 3.63) is 119 Å². The van der Waals surface area contributed by atoms with Crippen molar-refractivity contribution in [1.82, 2.24) is 9.97 Å². The monoisotopic (exact) mass is 728 g/mol. The second-order valence-electron chi connectivity index (χ2n) is 10.1. The molecule has 0 bridgehead atoms. The molecule has 17 heteroatoms. The van der Waals surface area contributed by atoms with Gasteiger partial charge in [0.25, 0.3) is 0 Å². The van der Waals surface area contributed by atoms with Gasteiger partial charge in [-0.25, -0.2) is 18.4 Å². The van der Waals surface area contributed by atoms with Crippen LogP contribution in [-0.4, -0.2) is 49.2 Å². The van der Waals surface area contributed by atoms with Gasteiger partial charge in [-0.1, -0.05) is 47.8 Å². The molecule has 0 atom stereocenters. The van der Waals surface area contributed by atoms with E-state index in [0.717, 1.165) is 50.6 Å². The van der Waals surface area contributed by atoms with E-state index in [0.29, 0.717) is 0 Å². The first-order valence-corrected chi connectivity index (χ1v) is 14.0. The first-order chi connectivity index (χ1) is 23.6. The van der Waals surface area contributed by atoms with E-state index in [1.165, 1.54) is 48.5 Å². The van der Waals surface area contributed by atoms with E-state index in [1.54, 1.807) is 0 Å². The van der Waals surface area contributed by atoms with Crippen molar-refractivity contribution >= 4 is 56.8 Å². The molecule has 0 aliphatic rings. The number of nitrogens with zero attached hydrogens (tertiary/aromatic N) is 2. The number of hydrogen-bond acceptors (Lipinski definition) is 6. The van der Waals surface area contributed by atoms with Crippen LogP contribution in [0.2, 0.25) is 0 Å². The molecule has 0 aliphatic heterocycles. The summed E-state index contributed by atoms with van der Waals surface area (Å²) < 4.78 is 124. The average Bonchev–Trinajstić information content (AvgIpc) is 3.71. The maximum Gasteiger partial charge on any atom is 2.00 e. The standard InChI is InChI=1S/2C17H10F4NO3.Mg/c2*1-24-16(23)10-6-5-9(18)7-14(10)25-13-4-2-3-12-11(13)8-15(22-12)17(19,20)21;/h2*2-8H,1H3;/q2*-1;+2. The van der Waals surface area contributed by atoms with E-state index >= 15 is 0 Å². The number of rotatable bonds is 6. The van der Waals surface area contributed by atoms with Crippen LogP contribution in [0.1, 0.15) is 32.1 Å². The maximum absolute atomic E-state index is 13.5. The quantitative estimate of drug-likeness (QED) is 0.0955. The number of methoxy groups -OCH3 is 2. The largest absolute Gasteiger partial charge is 2.00 e. The molecule has 0 unspecified atom stereocenters. The van der Waals surface area contributed by atoms with Crippen molar-refractivity contribution in [2.24, 2.45) is 0 Å². The normalized spacial score (nSPS) is 11.3. The summed E-state index contributed by atoms with van der Waals surface area (Å²) in [5.74, 6) is -3.20. The fraction of sp³-hybridized carbons (Fsp3) is 0.118. The summed E-state index contributed by atoms with van der Waals surface area (Å²) in [6, 6.07) is 16.5. The first kappa shape index (κ1) is 38.5. The molecule has 260 valence electrons. The van der Waals surface area contributed by atoms with Gasteiger partial charge in [-0.3, -0.25) is 0 Å². The molecule has 0 aliphatic carbocycles. The zero-order valence-electron chi connectivity index (χ0n) is 26.2. The number of carbonyl (C=O) groups excluding carboxylic acids is 2. The van der Waals surface area contributed by atoms with Crippen molar-refractivity contribution in [2.45, 2.75) is 12.4 Å². The minimum absolute atomic E-state index is 0. The summed E-state index contributed by atoms with van der Waals surface area (Å²) in [4.78, 5) is 30.5. The number of hydrogen-bond donors (Lipinski definition) is 0. The van der Waals surface area contributed by atoms with Gasteiger partial charge >= 0.3 is 47.3 Å². The number of aromatic nitrogens is 2. The zero-order valence-corrected chi connectivity index (χ0v) is 27.6. The second-order valence-corrected chi connectivity index (χ2v) is 10.1. The van der Waals surface area contributed by atoms with Crippen LogP contribution >= 0.6 is 0 Å². The van der Waals surface area contributed by atoms with Gasteiger partial charge in [-0.2, -0.15) is 26.3 Å². The molecule has 0 saturated carbocycles. The predicted molar refractivity (Wildman–Crippen MR) is 166 cm³/mol. The number of halogens is 8.